The van der Waals surface area contributed by atoms with Crippen LogP contribution in [0.4, 0.5) is 5.69 Å². The molecule has 0 aliphatic heterocycles. The molecule has 4 rings (SSSR count). The molecule has 25 heavy (non-hydrogen) atoms. The molecule has 0 saturated carbocycles. The summed E-state index contributed by atoms with van der Waals surface area (Å²) >= 11 is 7.29. The molecule has 1 amide bonds. The summed E-state index contributed by atoms with van der Waals surface area (Å²) in [5, 5.41) is 11.4. The summed E-state index contributed by atoms with van der Waals surface area (Å²) in [6.45, 7) is 1.91. The molecule has 0 unspecified atom stereocenters. The number of aromatic amines is 1. The van der Waals surface area contributed by atoms with Crippen molar-refractivity contribution < 1.29 is 4.79 Å². The van der Waals surface area contributed by atoms with Crippen molar-refractivity contribution in [2.45, 2.75) is 12.1 Å². The third-order valence-corrected chi connectivity index (χ3v) is 4.97. The maximum Gasteiger partial charge on any atom is 0.234 e. The summed E-state index contributed by atoms with van der Waals surface area (Å²) in [4.78, 5) is 16.7. The smallest absolute Gasteiger partial charge is 0.234 e. The zero-order chi connectivity index (χ0) is 17.4. The van der Waals surface area contributed by atoms with Gasteiger partial charge in [-0.15, -0.1) is 5.10 Å². The first-order chi connectivity index (χ1) is 12.1. The zero-order valence-corrected chi connectivity index (χ0v) is 14.9. The van der Waals surface area contributed by atoms with Crippen LogP contribution in [0.5, 0.6) is 0 Å². The molecule has 8 heteroatoms. The van der Waals surface area contributed by atoms with Crippen LogP contribution < -0.4 is 5.32 Å². The second kappa shape index (κ2) is 6.42. The van der Waals surface area contributed by atoms with Gasteiger partial charge in [0.05, 0.1) is 16.8 Å². The van der Waals surface area contributed by atoms with Gasteiger partial charge in [0.25, 0.3) is 0 Å². The molecular weight excluding hydrogens is 358 g/mol. The lowest BCUT2D eigenvalue weighted by Crippen LogP contribution is -2.15. The first-order valence-corrected chi connectivity index (χ1v) is 8.98. The number of thioether (sulfide) groups is 1. The zero-order valence-electron chi connectivity index (χ0n) is 13.3. The lowest BCUT2D eigenvalue weighted by atomic mass is 10.2. The Morgan fingerprint density at radius 3 is 3.00 bits per heavy atom. The monoisotopic (exact) mass is 371 g/mol. The van der Waals surface area contributed by atoms with Gasteiger partial charge in [0.15, 0.2) is 5.16 Å². The van der Waals surface area contributed by atoms with Crippen LogP contribution in [0.3, 0.4) is 0 Å². The van der Waals surface area contributed by atoms with Crippen LogP contribution in [-0.2, 0) is 4.79 Å². The highest BCUT2D eigenvalue weighted by Crippen LogP contribution is 2.24. The Bertz CT molecular complexity index is 1090. The summed E-state index contributed by atoms with van der Waals surface area (Å²) < 4.78 is 1.92. The predicted molar refractivity (Wildman–Crippen MR) is 100 cm³/mol. The molecule has 0 bridgehead atoms. The number of aryl methyl sites for hydroxylation is 1. The Hall–Kier alpha value is -2.51. The number of H-pyrrole nitrogens is 1. The molecular formula is C17H14ClN5OS. The van der Waals surface area contributed by atoms with Gasteiger partial charge in [0.1, 0.15) is 0 Å². The molecule has 2 aromatic heterocycles. The molecule has 2 aromatic carbocycles. The number of amides is 1. The molecule has 0 aliphatic carbocycles. The second-order valence-corrected chi connectivity index (χ2v) is 6.94. The summed E-state index contributed by atoms with van der Waals surface area (Å²) in [6, 6.07) is 13.2. The minimum atomic E-state index is -0.101. The number of carbonyl (C=O) groups is 1. The number of imidazole rings is 1. The quantitative estimate of drug-likeness (QED) is 0.533. The van der Waals surface area contributed by atoms with E-state index in [0.717, 1.165) is 22.3 Å². The van der Waals surface area contributed by atoms with Crippen LogP contribution >= 0.6 is 23.4 Å². The molecule has 0 atom stereocenters. The van der Waals surface area contributed by atoms with E-state index in [4.69, 9.17) is 11.6 Å². The Balaban J connectivity index is 1.51. The predicted octanol–water partition coefficient (Wildman–Crippen LogP) is 3.90. The van der Waals surface area contributed by atoms with Crippen molar-refractivity contribution in [3.05, 3.63) is 53.1 Å². The van der Waals surface area contributed by atoms with E-state index in [1.807, 2.05) is 41.7 Å². The average Bonchev–Trinajstić information content (AvgIpc) is 3.15. The molecule has 2 N–H and O–H groups in total. The van der Waals surface area contributed by atoms with Crippen LogP contribution in [0.2, 0.25) is 5.02 Å². The number of rotatable bonds is 4. The van der Waals surface area contributed by atoms with Crippen molar-refractivity contribution in [2.75, 3.05) is 11.1 Å². The van der Waals surface area contributed by atoms with Crippen molar-refractivity contribution in [3.63, 3.8) is 0 Å². The van der Waals surface area contributed by atoms with E-state index in [1.54, 1.807) is 12.1 Å². The molecule has 0 fully saturated rings. The largest absolute Gasteiger partial charge is 0.325 e. The van der Waals surface area contributed by atoms with Crippen molar-refractivity contribution in [1.82, 2.24) is 19.6 Å². The number of benzene rings is 2. The molecule has 0 saturated heterocycles. The fraction of sp³-hybridized carbons (Fsp3) is 0.118. The summed E-state index contributed by atoms with van der Waals surface area (Å²) in [6.07, 6.45) is 0. The summed E-state index contributed by atoms with van der Waals surface area (Å²) in [5.41, 5.74) is 3.53. The van der Waals surface area contributed by atoms with E-state index in [2.05, 4.69) is 20.5 Å². The first kappa shape index (κ1) is 16.0. The minimum Gasteiger partial charge on any atom is -0.325 e. The van der Waals surface area contributed by atoms with Crippen molar-refractivity contribution in [2.24, 2.45) is 0 Å². The van der Waals surface area contributed by atoms with E-state index in [-0.39, 0.29) is 11.7 Å². The fourth-order valence-electron chi connectivity index (χ4n) is 2.62. The van der Waals surface area contributed by atoms with Gasteiger partial charge in [-0.05, 0) is 42.8 Å². The first-order valence-electron chi connectivity index (χ1n) is 7.62. The molecule has 0 spiro atoms. The fourth-order valence-corrected chi connectivity index (χ4v) is 3.61. The number of nitrogens with zero attached hydrogens (tertiary/aromatic N) is 3. The molecule has 2 heterocycles. The van der Waals surface area contributed by atoms with Crippen LogP contribution in [0.1, 0.15) is 5.56 Å². The Morgan fingerprint density at radius 1 is 1.32 bits per heavy atom. The number of para-hydroxylation sites is 2. The lowest BCUT2D eigenvalue weighted by Gasteiger charge is -2.08. The van der Waals surface area contributed by atoms with Gasteiger partial charge in [-0.25, -0.2) is 10.1 Å². The van der Waals surface area contributed by atoms with Crippen molar-refractivity contribution >= 4 is 51.8 Å². The van der Waals surface area contributed by atoms with Crippen molar-refractivity contribution in [3.8, 4) is 0 Å². The maximum absolute atomic E-state index is 12.3. The van der Waals surface area contributed by atoms with E-state index >= 15 is 0 Å². The molecule has 0 aliphatic rings. The van der Waals surface area contributed by atoms with Gasteiger partial charge in [0.2, 0.25) is 11.7 Å². The Labute approximate surface area is 152 Å². The van der Waals surface area contributed by atoms with Gasteiger partial charge in [-0.3, -0.25) is 9.20 Å². The van der Waals surface area contributed by atoms with E-state index in [1.165, 1.54) is 11.8 Å². The highest BCUT2D eigenvalue weighted by Gasteiger charge is 2.14. The number of hydrogen-bond acceptors (Lipinski definition) is 4. The number of anilines is 1. The number of halogens is 1. The van der Waals surface area contributed by atoms with Gasteiger partial charge >= 0.3 is 0 Å². The third kappa shape index (κ3) is 3.08. The Morgan fingerprint density at radius 2 is 2.16 bits per heavy atom. The maximum atomic E-state index is 12.3. The van der Waals surface area contributed by atoms with E-state index < -0.39 is 0 Å². The lowest BCUT2D eigenvalue weighted by molar-refractivity contribution is -0.113. The van der Waals surface area contributed by atoms with Gasteiger partial charge < -0.3 is 5.32 Å². The third-order valence-electron chi connectivity index (χ3n) is 3.80. The minimum absolute atomic E-state index is 0.101. The summed E-state index contributed by atoms with van der Waals surface area (Å²) in [5.74, 6) is 0.808. The van der Waals surface area contributed by atoms with E-state index in [0.29, 0.717) is 16.0 Å². The molecule has 0 radical (unpaired) electrons. The number of carbonyl (C=O) groups excluding carboxylic acids is 1. The standard InChI is InChI=1S/C17H14ClN5OS/c1-10-8-11(18)6-7-12(10)19-15(24)9-25-17-22-21-16-20-13-4-2-3-5-14(13)23(16)17/h2-8H,9H2,1H3,(H,19,24)(H,20,21). The normalized spacial score (nSPS) is 11.3. The second-order valence-electron chi connectivity index (χ2n) is 5.56. The average molecular weight is 372 g/mol. The van der Waals surface area contributed by atoms with Crippen LogP contribution in [0.25, 0.3) is 16.8 Å². The highest BCUT2D eigenvalue weighted by molar-refractivity contribution is 7.99. The number of fused-ring (bicyclic) bond motifs is 3. The van der Waals surface area contributed by atoms with Crippen LogP contribution in [-0.4, -0.2) is 31.2 Å². The number of hydrogen-bond donors (Lipinski definition) is 2. The van der Waals surface area contributed by atoms with Gasteiger partial charge in [-0.1, -0.05) is 35.5 Å². The van der Waals surface area contributed by atoms with Gasteiger partial charge in [-0.2, -0.15) is 0 Å². The molecule has 126 valence electrons. The van der Waals surface area contributed by atoms with E-state index in [9.17, 15) is 4.79 Å². The molecule has 4 aromatic rings. The number of nitrogens with one attached hydrogen (secondary N) is 2. The Kier molecular flexibility index (Phi) is 4.10. The van der Waals surface area contributed by atoms with Crippen LogP contribution in [0, 0.1) is 6.92 Å². The summed E-state index contributed by atoms with van der Waals surface area (Å²) in [7, 11) is 0. The topological polar surface area (TPSA) is 75.1 Å². The van der Waals surface area contributed by atoms with Crippen molar-refractivity contribution in [1.29, 1.82) is 0 Å². The molecule has 6 nitrogen and oxygen atoms in total. The highest BCUT2D eigenvalue weighted by atomic mass is 35.5. The van der Waals surface area contributed by atoms with Crippen LogP contribution in [0.15, 0.2) is 47.6 Å². The SMILES string of the molecule is Cc1cc(Cl)ccc1NC(=O)CSc1n[nH]c2nc3ccccc3n12. The number of aromatic nitrogens is 4. The van der Waals surface area contributed by atoms with Gasteiger partial charge in [0, 0.05) is 10.7 Å².